The van der Waals surface area contributed by atoms with Crippen molar-refractivity contribution in [2.45, 2.75) is 6.42 Å². The second-order valence-corrected chi connectivity index (χ2v) is 4.52. The first-order valence-electron chi connectivity index (χ1n) is 6.78. The molecule has 121 valence electrons. The van der Waals surface area contributed by atoms with Gasteiger partial charge in [0.15, 0.2) is 11.6 Å². The number of rotatable bonds is 5. The molecule has 2 aromatic rings. The van der Waals surface area contributed by atoms with E-state index in [0.717, 1.165) is 0 Å². The van der Waals surface area contributed by atoms with Gasteiger partial charge < -0.3 is 4.74 Å². The zero-order valence-electron chi connectivity index (χ0n) is 12.8. The highest BCUT2D eigenvalue weighted by molar-refractivity contribution is 6.15. The van der Waals surface area contributed by atoms with Crippen LogP contribution in [0.1, 0.15) is 32.7 Å². The molecule has 0 spiro atoms. The van der Waals surface area contributed by atoms with Crippen LogP contribution in [0, 0.1) is 11.3 Å². The van der Waals surface area contributed by atoms with Crippen molar-refractivity contribution in [1.29, 1.82) is 5.26 Å². The number of hydrogen-bond donors (Lipinski definition) is 0. The lowest BCUT2D eigenvalue weighted by molar-refractivity contribution is 0.0894. The van der Waals surface area contributed by atoms with Gasteiger partial charge in [0.25, 0.3) is 0 Å². The predicted molar refractivity (Wildman–Crippen MR) is 85.4 cm³/mol. The SMILES string of the molecule is COc1ccc(C(=O)CC(=O)c2ccc(C#N)cc2)cc1.F[B]F. The molecule has 0 aliphatic rings. The van der Waals surface area contributed by atoms with E-state index in [2.05, 4.69) is 0 Å². The maximum Gasteiger partial charge on any atom is 0.577 e. The molecule has 7 heteroatoms. The number of ketones is 2. The molecule has 4 nitrogen and oxygen atoms in total. The molecule has 2 aromatic carbocycles. The van der Waals surface area contributed by atoms with Gasteiger partial charge in [-0.1, -0.05) is 12.1 Å². The second-order valence-electron chi connectivity index (χ2n) is 4.52. The summed E-state index contributed by atoms with van der Waals surface area (Å²) in [6.07, 6.45) is -0.196. The normalized spacial score (nSPS) is 9.08. The quantitative estimate of drug-likeness (QED) is 0.479. The molecule has 2 rings (SSSR count). The minimum absolute atomic E-state index is 0.196. The minimum atomic E-state index is -1.00. The highest BCUT2D eigenvalue weighted by Crippen LogP contribution is 2.14. The third-order valence-electron chi connectivity index (χ3n) is 3.07. The molecule has 0 saturated heterocycles. The summed E-state index contributed by atoms with van der Waals surface area (Å²) in [4.78, 5) is 24.1. The molecule has 1 radical (unpaired) electrons. The van der Waals surface area contributed by atoms with Crippen LogP contribution in [-0.4, -0.2) is 26.5 Å². The molecule has 0 aromatic heterocycles. The second kappa shape index (κ2) is 9.90. The van der Waals surface area contributed by atoms with E-state index in [1.54, 1.807) is 55.6 Å². The number of carbonyl (C=O) groups excluding carboxylic acids is 2. The fourth-order valence-corrected chi connectivity index (χ4v) is 1.86. The van der Waals surface area contributed by atoms with E-state index in [1.165, 1.54) is 0 Å². The molecular formula is C17H13BF2NO3. The van der Waals surface area contributed by atoms with Crippen molar-refractivity contribution >= 4 is 19.4 Å². The average molecular weight is 328 g/mol. The van der Waals surface area contributed by atoms with Crippen molar-refractivity contribution in [2.75, 3.05) is 7.11 Å². The van der Waals surface area contributed by atoms with Gasteiger partial charge in [-0.15, -0.1) is 0 Å². The van der Waals surface area contributed by atoms with Crippen LogP contribution in [0.2, 0.25) is 0 Å². The van der Waals surface area contributed by atoms with Crippen molar-refractivity contribution in [2.24, 2.45) is 0 Å². The number of carbonyl (C=O) groups is 2. The van der Waals surface area contributed by atoms with E-state index in [0.29, 0.717) is 22.4 Å². The fraction of sp³-hybridized carbons (Fsp3) is 0.118. The highest BCUT2D eigenvalue weighted by Gasteiger charge is 2.13. The number of hydrogen-bond acceptors (Lipinski definition) is 4. The van der Waals surface area contributed by atoms with Crippen LogP contribution < -0.4 is 4.74 Å². The highest BCUT2D eigenvalue weighted by atomic mass is 19.2. The Hall–Kier alpha value is -3.01. The smallest absolute Gasteiger partial charge is 0.497 e. The van der Waals surface area contributed by atoms with E-state index < -0.39 is 7.83 Å². The van der Waals surface area contributed by atoms with Crippen molar-refractivity contribution in [3.63, 3.8) is 0 Å². The number of methoxy groups -OCH3 is 1. The molecule has 0 aliphatic carbocycles. The number of nitrogens with zero attached hydrogens (tertiary/aromatic N) is 1. The first kappa shape index (κ1) is 19.0. The Morgan fingerprint density at radius 3 is 1.79 bits per heavy atom. The lowest BCUT2D eigenvalue weighted by atomic mass is 10.0. The average Bonchev–Trinajstić information content (AvgIpc) is 2.62. The van der Waals surface area contributed by atoms with Crippen LogP contribution in [0.4, 0.5) is 8.63 Å². The van der Waals surface area contributed by atoms with Gasteiger partial charge in [-0.2, -0.15) is 5.26 Å². The molecule has 0 unspecified atom stereocenters. The zero-order valence-corrected chi connectivity index (χ0v) is 12.8. The summed E-state index contributed by atoms with van der Waals surface area (Å²) in [7, 11) is 0.547. The Morgan fingerprint density at radius 2 is 1.42 bits per heavy atom. The molecule has 0 fully saturated rings. The van der Waals surface area contributed by atoms with Gasteiger partial charge in [0.2, 0.25) is 0 Å². The van der Waals surface area contributed by atoms with E-state index in [4.69, 9.17) is 10.00 Å². The first-order chi connectivity index (χ1) is 11.5. The summed E-state index contributed by atoms with van der Waals surface area (Å²) < 4.78 is 24.0. The molecule has 0 N–H and O–H groups in total. The number of nitriles is 1. The Morgan fingerprint density at radius 1 is 1.00 bits per heavy atom. The predicted octanol–water partition coefficient (Wildman–Crippen LogP) is 3.48. The maximum atomic E-state index is 12.0. The third-order valence-corrected chi connectivity index (χ3v) is 3.07. The molecule has 0 saturated carbocycles. The summed E-state index contributed by atoms with van der Waals surface area (Å²) in [5.41, 5.74) is 1.38. The van der Waals surface area contributed by atoms with Gasteiger partial charge in [-0.05, 0) is 36.4 Å². The van der Waals surface area contributed by atoms with Gasteiger partial charge >= 0.3 is 7.83 Å². The fourth-order valence-electron chi connectivity index (χ4n) is 1.86. The third kappa shape index (κ3) is 5.65. The molecule has 24 heavy (non-hydrogen) atoms. The maximum absolute atomic E-state index is 12.0. The van der Waals surface area contributed by atoms with Crippen molar-refractivity contribution < 1.29 is 23.0 Å². The zero-order chi connectivity index (χ0) is 17.9. The Bertz CT molecular complexity index is 725. The molecule has 0 heterocycles. The van der Waals surface area contributed by atoms with E-state index in [-0.39, 0.29) is 18.0 Å². The Labute approximate surface area is 139 Å². The molecule has 0 bridgehead atoms. The van der Waals surface area contributed by atoms with Crippen LogP contribution in [0.25, 0.3) is 0 Å². The summed E-state index contributed by atoms with van der Waals surface area (Å²) in [5, 5.41) is 8.70. The van der Waals surface area contributed by atoms with E-state index >= 15 is 0 Å². The van der Waals surface area contributed by atoms with E-state index in [1.807, 2.05) is 6.07 Å². The number of halogens is 2. The molecule has 0 atom stereocenters. The molecule has 0 amide bonds. The van der Waals surface area contributed by atoms with Gasteiger partial charge in [-0.25, -0.2) is 0 Å². The Kier molecular flexibility index (Phi) is 7.85. The van der Waals surface area contributed by atoms with Crippen LogP contribution >= 0.6 is 0 Å². The largest absolute Gasteiger partial charge is 0.577 e. The monoisotopic (exact) mass is 328 g/mol. The van der Waals surface area contributed by atoms with Gasteiger partial charge in [0.05, 0.1) is 25.2 Å². The topological polar surface area (TPSA) is 67.2 Å². The minimum Gasteiger partial charge on any atom is -0.497 e. The van der Waals surface area contributed by atoms with Crippen LogP contribution in [0.5, 0.6) is 5.75 Å². The lowest BCUT2D eigenvalue weighted by Gasteiger charge is -2.03. The Balaban J connectivity index is 0.000000891. The van der Waals surface area contributed by atoms with Crippen molar-refractivity contribution in [3.8, 4) is 11.8 Å². The molecule has 0 aliphatic heterocycles. The van der Waals surface area contributed by atoms with Gasteiger partial charge in [-0.3, -0.25) is 18.2 Å². The number of benzene rings is 2. The number of ether oxygens (including phenoxy) is 1. The summed E-state index contributed by atoms with van der Waals surface area (Å²) in [5.74, 6) is 0.150. The van der Waals surface area contributed by atoms with Gasteiger partial charge in [0.1, 0.15) is 5.75 Å². The number of Topliss-reactive ketones (excluding diaryl/α,β-unsaturated/α-hetero) is 2. The van der Waals surface area contributed by atoms with Gasteiger partial charge in [0, 0.05) is 11.1 Å². The summed E-state index contributed by atoms with van der Waals surface area (Å²) >= 11 is 0. The van der Waals surface area contributed by atoms with Crippen LogP contribution in [0.3, 0.4) is 0 Å². The summed E-state index contributed by atoms with van der Waals surface area (Å²) in [6.45, 7) is 0. The van der Waals surface area contributed by atoms with E-state index in [9.17, 15) is 18.2 Å². The van der Waals surface area contributed by atoms with Crippen molar-refractivity contribution in [1.82, 2.24) is 0 Å². The lowest BCUT2D eigenvalue weighted by Crippen LogP contribution is -2.08. The standard InChI is InChI=1S/C17H13NO3.BF2/c1-21-15-8-6-14(7-9-15)17(20)10-16(19)13-4-2-12(11-18)3-5-13;2-1-3/h2-9H,10H2,1H3;. The van der Waals surface area contributed by atoms with Crippen LogP contribution in [-0.2, 0) is 0 Å². The first-order valence-corrected chi connectivity index (χ1v) is 6.78. The molecular weight excluding hydrogens is 315 g/mol. The van der Waals surface area contributed by atoms with Crippen molar-refractivity contribution in [3.05, 3.63) is 65.2 Å². The summed E-state index contributed by atoms with van der Waals surface area (Å²) in [6, 6.07) is 14.8. The van der Waals surface area contributed by atoms with Crippen LogP contribution in [0.15, 0.2) is 48.5 Å².